The van der Waals surface area contributed by atoms with Crippen molar-refractivity contribution in [1.82, 2.24) is 10.8 Å². The molecule has 36 heavy (non-hydrogen) atoms. The zero-order chi connectivity index (χ0) is 25.8. The smallest absolute Gasteiger partial charge is 0.251 e. The maximum Gasteiger partial charge on any atom is 0.251 e. The van der Waals surface area contributed by atoms with Gasteiger partial charge in [0.1, 0.15) is 11.5 Å². The van der Waals surface area contributed by atoms with Gasteiger partial charge in [-0.2, -0.15) is 0 Å². The highest BCUT2D eigenvalue weighted by atomic mass is 16.5. The van der Waals surface area contributed by atoms with Crippen molar-refractivity contribution >= 4 is 28.9 Å². The number of hydrogen-bond donors (Lipinski definition) is 3. The number of ether oxygens (including phenoxy) is 2. The monoisotopic (exact) mass is 491 g/mol. The molecule has 3 aromatic carbocycles. The number of rotatable bonds is 13. The molecule has 0 spiro atoms. The number of nitrogens with zero attached hydrogens (tertiary/aromatic N) is 1. The van der Waals surface area contributed by atoms with Crippen molar-refractivity contribution in [2.24, 2.45) is 0 Å². The number of hydrogen-bond acceptors (Lipinski definition) is 6. The first-order chi connectivity index (χ1) is 17.5. The molecule has 0 aromatic heterocycles. The van der Waals surface area contributed by atoms with Crippen LogP contribution in [0.4, 0.5) is 17.1 Å². The maximum atomic E-state index is 12.6. The highest BCUT2D eigenvalue weighted by molar-refractivity contribution is 5.94. The number of methoxy groups -OCH3 is 2. The van der Waals surface area contributed by atoms with Crippen LogP contribution in [0.25, 0.3) is 0 Å². The molecule has 0 saturated heterocycles. The van der Waals surface area contributed by atoms with Crippen LogP contribution in [0.2, 0.25) is 0 Å². The van der Waals surface area contributed by atoms with E-state index >= 15 is 0 Å². The summed E-state index contributed by atoms with van der Waals surface area (Å²) < 4.78 is 10.6. The summed E-state index contributed by atoms with van der Waals surface area (Å²) in [5.41, 5.74) is 5.03. The first-order valence-corrected chi connectivity index (χ1v) is 11.9. The molecule has 3 rings (SSSR count). The lowest BCUT2D eigenvalue weighted by atomic mass is 10.1. The molecular weight excluding hydrogens is 458 g/mol. The quantitative estimate of drug-likeness (QED) is 0.169. The third-order valence-electron chi connectivity index (χ3n) is 5.79. The Morgan fingerprint density at radius 1 is 0.722 bits per heavy atom. The van der Waals surface area contributed by atoms with Crippen molar-refractivity contribution in [3.8, 4) is 11.5 Å². The normalized spacial score (nSPS) is 10.4. The molecular formula is C28H33N3O5. The SMILES string of the molecule is COc1ccc(N(c2ccc(OC)cc2)c2ccc(C(=O)NCCCCCCC(=O)NO)cc2)cc1. The molecule has 0 fully saturated rings. The molecule has 0 heterocycles. The van der Waals surface area contributed by atoms with E-state index < -0.39 is 0 Å². The molecule has 0 aliphatic heterocycles. The van der Waals surface area contributed by atoms with Gasteiger partial charge in [0.05, 0.1) is 14.2 Å². The summed E-state index contributed by atoms with van der Waals surface area (Å²) in [7, 11) is 3.28. The topological polar surface area (TPSA) is 100 Å². The average Bonchev–Trinajstić information content (AvgIpc) is 2.93. The summed E-state index contributed by atoms with van der Waals surface area (Å²) in [6.45, 7) is 0.566. The Morgan fingerprint density at radius 2 is 1.19 bits per heavy atom. The van der Waals surface area contributed by atoms with Gasteiger partial charge >= 0.3 is 0 Å². The van der Waals surface area contributed by atoms with E-state index in [1.54, 1.807) is 19.7 Å². The Hall–Kier alpha value is -4.04. The van der Waals surface area contributed by atoms with Crippen molar-refractivity contribution in [2.75, 3.05) is 25.7 Å². The van der Waals surface area contributed by atoms with Crippen molar-refractivity contribution in [3.05, 3.63) is 78.4 Å². The zero-order valence-electron chi connectivity index (χ0n) is 20.7. The van der Waals surface area contributed by atoms with E-state index in [-0.39, 0.29) is 11.8 Å². The van der Waals surface area contributed by atoms with Crippen LogP contribution in [-0.4, -0.2) is 37.8 Å². The standard InChI is InChI=1S/C28H33N3O5/c1-35-25-16-12-23(13-17-25)31(24-14-18-26(36-2)19-15-24)22-10-8-21(9-11-22)28(33)29-20-6-4-3-5-7-27(32)30-34/h8-19,34H,3-7,20H2,1-2H3,(H,29,33)(H,30,32). The van der Waals surface area contributed by atoms with Gasteiger partial charge < -0.3 is 19.7 Å². The Balaban J connectivity index is 1.64. The van der Waals surface area contributed by atoms with Gasteiger partial charge in [-0.3, -0.25) is 14.8 Å². The predicted molar refractivity (Wildman–Crippen MR) is 140 cm³/mol. The molecule has 8 heteroatoms. The van der Waals surface area contributed by atoms with Crippen LogP contribution < -0.4 is 25.2 Å². The lowest BCUT2D eigenvalue weighted by Crippen LogP contribution is -2.24. The highest BCUT2D eigenvalue weighted by Gasteiger charge is 2.14. The minimum atomic E-state index is -0.371. The number of amides is 2. The summed E-state index contributed by atoms with van der Waals surface area (Å²) >= 11 is 0. The van der Waals surface area contributed by atoms with E-state index in [9.17, 15) is 9.59 Å². The Bertz CT molecular complexity index is 1050. The second-order valence-electron chi connectivity index (χ2n) is 8.23. The number of carbonyl (C=O) groups is 2. The fourth-order valence-corrected chi connectivity index (χ4v) is 3.80. The molecule has 2 amide bonds. The molecule has 0 saturated carbocycles. The van der Waals surface area contributed by atoms with Crippen LogP contribution in [0.1, 0.15) is 42.5 Å². The number of nitrogens with one attached hydrogen (secondary N) is 2. The fraction of sp³-hybridized carbons (Fsp3) is 0.286. The maximum absolute atomic E-state index is 12.6. The van der Waals surface area contributed by atoms with Gasteiger partial charge in [0.2, 0.25) is 5.91 Å². The van der Waals surface area contributed by atoms with Crippen LogP contribution in [0.3, 0.4) is 0 Å². The van der Waals surface area contributed by atoms with Gasteiger partial charge in [0.25, 0.3) is 5.91 Å². The second kappa shape index (κ2) is 13.7. The number of anilines is 3. The van der Waals surface area contributed by atoms with Gasteiger partial charge in [-0.15, -0.1) is 0 Å². The van der Waals surface area contributed by atoms with Crippen molar-refractivity contribution < 1.29 is 24.3 Å². The first kappa shape index (κ1) is 26.6. The number of carbonyl (C=O) groups excluding carboxylic acids is 2. The van der Waals surface area contributed by atoms with E-state index in [0.717, 1.165) is 47.8 Å². The summed E-state index contributed by atoms with van der Waals surface area (Å²) in [6, 6.07) is 23.1. The van der Waals surface area contributed by atoms with E-state index in [2.05, 4.69) is 10.2 Å². The molecule has 190 valence electrons. The minimum Gasteiger partial charge on any atom is -0.497 e. The van der Waals surface area contributed by atoms with Crippen LogP contribution in [-0.2, 0) is 4.79 Å². The lowest BCUT2D eigenvalue weighted by molar-refractivity contribution is -0.129. The summed E-state index contributed by atoms with van der Waals surface area (Å²) in [5.74, 6) is 1.05. The molecule has 0 aliphatic carbocycles. The third-order valence-corrected chi connectivity index (χ3v) is 5.79. The Kier molecular flexibility index (Phi) is 10.1. The lowest BCUT2D eigenvalue weighted by Gasteiger charge is -2.26. The Labute approximate surface area is 211 Å². The molecule has 0 aliphatic rings. The number of unbranched alkanes of at least 4 members (excludes halogenated alkanes) is 3. The predicted octanol–water partition coefficient (Wildman–Crippen LogP) is 5.36. The van der Waals surface area contributed by atoms with Crippen molar-refractivity contribution in [3.63, 3.8) is 0 Å². The molecule has 3 N–H and O–H groups in total. The molecule has 3 aromatic rings. The van der Waals surface area contributed by atoms with E-state index in [1.165, 1.54) is 0 Å². The van der Waals surface area contributed by atoms with E-state index in [0.29, 0.717) is 24.9 Å². The third kappa shape index (κ3) is 7.48. The first-order valence-electron chi connectivity index (χ1n) is 11.9. The zero-order valence-corrected chi connectivity index (χ0v) is 20.7. The minimum absolute atomic E-state index is 0.123. The van der Waals surface area contributed by atoms with Gasteiger partial charge in [-0.05, 0) is 85.6 Å². The summed E-state index contributed by atoms with van der Waals surface area (Å²) in [5, 5.41) is 11.4. The molecule has 0 radical (unpaired) electrons. The van der Waals surface area contributed by atoms with Gasteiger partial charge in [0.15, 0.2) is 0 Å². The Morgan fingerprint density at radius 3 is 1.67 bits per heavy atom. The van der Waals surface area contributed by atoms with Crippen molar-refractivity contribution in [2.45, 2.75) is 32.1 Å². The molecule has 0 bridgehead atoms. The average molecular weight is 492 g/mol. The van der Waals surface area contributed by atoms with Crippen LogP contribution >= 0.6 is 0 Å². The highest BCUT2D eigenvalue weighted by Crippen LogP contribution is 2.36. The number of benzene rings is 3. The summed E-state index contributed by atoms with van der Waals surface area (Å²) in [6.07, 6.45) is 3.61. The number of hydroxylamine groups is 1. The van der Waals surface area contributed by atoms with E-state index in [4.69, 9.17) is 14.7 Å². The summed E-state index contributed by atoms with van der Waals surface area (Å²) in [4.78, 5) is 25.7. The van der Waals surface area contributed by atoms with Crippen LogP contribution in [0.15, 0.2) is 72.8 Å². The largest absolute Gasteiger partial charge is 0.497 e. The van der Waals surface area contributed by atoms with E-state index in [1.807, 2.05) is 72.8 Å². The van der Waals surface area contributed by atoms with Gasteiger partial charge in [0, 0.05) is 35.6 Å². The second-order valence-corrected chi connectivity index (χ2v) is 8.23. The van der Waals surface area contributed by atoms with Gasteiger partial charge in [-0.25, -0.2) is 5.48 Å². The van der Waals surface area contributed by atoms with Crippen molar-refractivity contribution in [1.29, 1.82) is 0 Å². The van der Waals surface area contributed by atoms with Crippen LogP contribution in [0, 0.1) is 0 Å². The van der Waals surface area contributed by atoms with Crippen LogP contribution in [0.5, 0.6) is 11.5 Å². The molecule has 0 unspecified atom stereocenters. The fourth-order valence-electron chi connectivity index (χ4n) is 3.80. The van der Waals surface area contributed by atoms with Gasteiger partial charge in [-0.1, -0.05) is 12.8 Å². The molecule has 8 nitrogen and oxygen atoms in total. The molecule has 0 atom stereocenters.